The van der Waals surface area contributed by atoms with Gasteiger partial charge in [-0.25, -0.2) is 8.42 Å². The van der Waals surface area contributed by atoms with Crippen LogP contribution < -0.4 is 4.72 Å². The fourth-order valence-electron chi connectivity index (χ4n) is 1.50. The van der Waals surface area contributed by atoms with E-state index in [4.69, 9.17) is 23.2 Å². The summed E-state index contributed by atoms with van der Waals surface area (Å²) in [6.45, 7) is 0. The molecule has 1 N–H and O–H groups in total. The highest BCUT2D eigenvalue weighted by Gasteiger charge is 2.10. The molecule has 0 saturated carbocycles. The van der Waals surface area contributed by atoms with Crippen LogP contribution >= 0.6 is 23.2 Å². The van der Waals surface area contributed by atoms with Crippen LogP contribution in [0.5, 0.6) is 0 Å². The quantitative estimate of drug-likeness (QED) is 0.904. The van der Waals surface area contributed by atoms with Gasteiger partial charge in [0.25, 0.3) is 10.0 Å². The SMILES string of the molecule is O=S(=O)(/C=C/c1ccccc1)Nc1cccc(Cl)c1Cl. The number of benzene rings is 2. The molecule has 0 fully saturated rings. The van der Waals surface area contributed by atoms with E-state index < -0.39 is 10.0 Å². The van der Waals surface area contributed by atoms with Crippen molar-refractivity contribution in [3.8, 4) is 0 Å². The van der Waals surface area contributed by atoms with E-state index in [1.54, 1.807) is 30.3 Å². The third kappa shape index (κ3) is 4.00. The van der Waals surface area contributed by atoms with Crippen molar-refractivity contribution >= 4 is 45.0 Å². The van der Waals surface area contributed by atoms with Crippen LogP contribution in [0.25, 0.3) is 6.08 Å². The number of hydrogen-bond donors (Lipinski definition) is 1. The molecule has 0 heterocycles. The minimum absolute atomic E-state index is 0.172. The van der Waals surface area contributed by atoms with Gasteiger partial charge in [-0.05, 0) is 23.8 Å². The van der Waals surface area contributed by atoms with Crippen molar-refractivity contribution in [3.63, 3.8) is 0 Å². The van der Waals surface area contributed by atoms with Crippen molar-refractivity contribution < 1.29 is 8.42 Å². The molecule has 0 saturated heterocycles. The zero-order valence-corrected chi connectivity index (χ0v) is 12.6. The van der Waals surface area contributed by atoms with E-state index in [0.29, 0.717) is 5.02 Å². The van der Waals surface area contributed by atoms with Crippen molar-refractivity contribution in [1.29, 1.82) is 0 Å². The molecule has 104 valence electrons. The number of anilines is 1. The highest BCUT2D eigenvalue weighted by Crippen LogP contribution is 2.30. The molecule has 0 spiro atoms. The lowest BCUT2D eigenvalue weighted by Gasteiger charge is -2.07. The van der Waals surface area contributed by atoms with Crippen molar-refractivity contribution in [3.05, 3.63) is 69.5 Å². The van der Waals surface area contributed by atoms with E-state index in [2.05, 4.69) is 4.72 Å². The Balaban J connectivity index is 2.20. The Morgan fingerprint density at radius 1 is 0.950 bits per heavy atom. The first-order valence-electron chi connectivity index (χ1n) is 5.68. The Hall–Kier alpha value is -1.49. The van der Waals surface area contributed by atoms with Gasteiger partial charge in [-0.15, -0.1) is 0 Å². The molecule has 0 atom stereocenters. The summed E-state index contributed by atoms with van der Waals surface area (Å²) in [6, 6.07) is 13.9. The van der Waals surface area contributed by atoms with Crippen LogP contribution in [0.15, 0.2) is 53.9 Å². The molecule has 2 aromatic rings. The highest BCUT2D eigenvalue weighted by atomic mass is 35.5. The largest absolute Gasteiger partial charge is 0.279 e. The topological polar surface area (TPSA) is 46.2 Å². The number of halogens is 2. The van der Waals surface area contributed by atoms with Gasteiger partial charge in [0.1, 0.15) is 0 Å². The second-order valence-corrected chi connectivity index (χ2v) is 6.31. The third-order valence-corrected chi connectivity index (χ3v) is 4.26. The van der Waals surface area contributed by atoms with Gasteiger partial charge < -0.3 is 0 Å². The van der Waals surface area contributed by atoms with Crippen molar-refractivity contribution in [2.24, 2.45) is 0 Å². The van der Waals surface area contributed by atoms with E-state index in [-0.39, 0.29) is 10.7 Å². The Morgan fingerprint density at radius 3 is 2.35 bits per heavy atom. The maximum Gasteiger partial charge on any atom is 0.255 e. The summed E-state index contributed by atoms with van der Waals surface area (Å²) in [5.74, 6) is 0. The second-order valence-electron chi connectivity index (χ2n) is 3.96. The summed E-state index contributed by atoms with van der Waals surface area (Å²) in [5, 5.41) is 1.55. The molecule has 2 rings (SSSR count). The summed E-state index contributed by atoms with van der Waals surface area (Å²) in [4.78, 5) is 0. The van der Waals surface area contributed by atoms with Crippen LogP contribution in [-0.2, 0) is 10.0 Å². The minimum atomic E-state index is -3.65. The molecule has 6 heteroatoms. The van der Waals surface area contributed by atoms with Crippen molar-refractivity contribution in [2.45, 2.75) is 0 Å². The summed E-state index contributed by atoms with van der Waals surface area (Å²) in [5.41, 5.74) is 1.03. The number of sulfonamides is 1. The number of nitrogens with one attached hydrogen (secondary N) is 1. The van der Waals surface area contributed by atoms with E-state index in [1.807, 2.05) is 18.2 Å². The second kappa shape index (κ2) is 6.31. The first-order chi connectivity index (χ1) is 9.48. The number of hydrogen-bond acceptors (Lipinski definition) is 2. The lowest BCUT2D eigenvalue weighted by Crippen LogP contribution is -2.09. The van der Waals surface area contributed by atoms with Gasteiger partial charge in [0, 0.05) is 0 Å². The van der Waals surface area contributed by atoms with E-state index >= 15 is 0 Å². The Morgan fingerprint density at radius 2 is 1.65 bits per heavy atom. The van der Waals surface area contributed by atoms with Gasteiger partial charge in [0.05, 0.1) is 21.1 Å². The molecule has 0 bridgehead atoms. The van der Waals surface area contributed by atoms with E-state index in [0.717, 1.165) is 11.0 Å². The normalized spacial score (nSPS) is 11.7. The fourth-order valence-corrected chi connectivity index (χ4v) is 2.79. The van der Waals surface area contributed by atoms with Crippen molar-refractivity contribution in [1.82, 2.24) is 0 Å². The molecule has 20 heavy (non-hydrogen) atoms. The highest BCUT2D eigenvalue weighted by molar-refractivity contribution is 7.95. The van der Waals surface area contributed by atoms with Crippen molar-refractivity contribution in [2.75, 3.05) is 4.72 Å². The summed E-state index contributed by atoms with van der Waals surface area (Å²) < 4.78 is 26.2. The lowest BCUT2D eigenvalue weighted by atomic mass is 10.2. The first-order valence-corrected chi connectivity index (χ1v) is 7.98. The molecule has 0 unspecified atom stereocenters. The zero-order valence-electron chi connectivity index (χ0n) is 10.3. The van der Waals surface area contributed by atoms with Gasteiger partial charge in [-0.3, -0.25) is 4.72 Å². The Labute approximate surface area is 127 Å². The molecular weight excluding hydrogens is 317 g/mol. The fraction of sp³-hybridized carbons (Fsp3) is 0. The molecule has 0 amide bonds. The molecule has 0 aliphatic carbocycles. The van der Waals surface area contributed by atoms with Crippen LogP contribution in [0.4, 0.5) is 5.69 Å². The molecule has 2 aromatic carbocycles. The smallest absolute Gasteiger partial charge is 0.255 e. The maximum atomic E-state index is 11.9. The predicted molar refractivity (Wildman–Crippen MR) is 84.5 cm³/mol. The van der Waals surface area contributed by atoms with Gasteiger partial charge in [0.2, 0.25) is 0 Å². The first kappa shape index (κ1) is 14.9. The third-order valence-electron chi connectivity index (χ3n) is 2.44. The molecule has 0 aliphatic heterocycles. The summed E-state index contributed by atoms with van der Waals surface area (Å²) >= 11 is 11.8. The molecular formula is C14H11Cl2NO2S. The molecule has 0 radical (unpaired) electrons. The van der Waals surface area contributed by atoms with Crippen LogP contribution in [-0.4, -0.2) is 8.42 Å². The Bertz CT molecular complexity index is 728. The van der Waals surface area contributed by atoms with Crippen LogP contribution in [0.3, 0.4) is 0 Å². The monoisotopic (exact) mass is 327 g/mol. The lowest BCUT2D eigenvalue weighted by molar-refractivity contribution is 0.609. The van der Waals surface area contributed by atoms with Gasteiger partial charge in [-0.1, -0.05) is 59.6 Å². The molecule has 0 aliphatic rings. The summed E-state index contributed by atoms with van der Waals surface area (Å²) in [6.07, 6.45) is 1.50. The summed E-state index contributed by atoms with van der Waals surface area (Å²) in [7, 11) is -3.65. The average Bonchev–Trinajstić information content (AvgIpc) is 2.43. The van der Waals surface area contributed by atoms with Gasteiger partial charge in [-0.2, -0.15) is 0 Å². The minimum Gasteiger partial charge on any atom is -0.279 e. The molecule has 3 nitrogen and oxygen atoms in total. The van der Waals surface area contributed by atoms with Crippen LogP contribution in [0, 0.1) is 0 Å². The average molecular weight is 328 g/mol. The van der Waals surface area contributed by atoms with Crippen LogP contribution in [0.1, 0.15) is 5.56 Å². The Kier molecular flexibility index (Phi) is 4.70. The maximum absolute atomic E-state index is 11.9. The zero-order chi connectivity index (χ0) is 14.6. The van der Waals surface area contributed by atoms with E-state index in [9.17, 15) is 8.42 Å². The van der Waals surface area contributed by atoms with Gasteiger partial charge >= 0.3 is 0 Å². The number of rotatable bonds is 4. The molecule has 0 aromatic heterocycles. The van der Waals surface area contributed by atoms with Gasteiger partial charge in [0.15, 0.2) is 0 Å². The standard InChI is InChI=1S/C14H11Cl2NO2S/c15-12-7-4-8-13(14(12)16)17-20(18,19)10-9-11-5-2-1-3-6-11/h1-10,17H/b10-9+. The van der Waals surface area contributed by atoms with E-state index in [1.165, 1.54) is 6.08 Å². The predicted octanol–water partition coefficient (Wildman–Crippen LogP) is 4.41. The van der Waals surface area contributed by atoms with Crippen LogP contribution in [0.2, 0.25) is 10.0 Å².